The molecule has 0 amide bonds. The van der Waals surface area contributed by atoms with Crippen LogP contribution in [-0.4, -0.2) is 63.9 Å². The molecule has 16 aromatic carbocycles. The number of H-pyrrole nitrogens is 2. The van der Waals surface area contributed by atoms with Gasteiger partial charge in [-0.3, -0.25) is 19.2 Å². The molecular weight excluding hydrogens is 1840 g/mol. The van der Waals surface area contributed by atoms with Crippen LogP contribution in [0.3, 0.4) is 0 Å². The number of carbonyl (C=O) groups excluding carboxylic acids is 2. The van der Waals surface area contributed by atoms with Crippen molar-refractivity contribution in [2.24, 2.45) is 0 Å². The molecule has 676 valence electrons. The molecule has 134 heavy (non-hydrogen) atoms. The third-order valence-electron chi connectivity index (χ3n) is 21.6. The van der Waals surface area contributed by atoms with Crippen molar-refractivity contribution in [3.63, 3.8) is 0 Å². The number of hydrogen-bond donors (Lipinski definition) is 2. The number of fused-ring (bicyclic) bond motifs is 2. The van der Waals surface area contributed by atoms with Crippen molar-refractivity contribution in [3.05, 3.63) is 498 Å². The fraction of sp³-hybridized carbons (Fsp3) is 0.113. The van der Waals surface area contributed by atoms with Crippen molar-refractivity contribution in [1.82, 2.24) is 20.4 Å². The van der Waals surface area contributed by atoms with E-state index in [0.717, 1.165) is 27.5 Å². The number of ether oxygens (including phenoxy) is 2. The summed E-state index contributed by atoms with van der Waals surface area (Å²) in [5.41, 5.74) is 3.24. The quantitative estimate of drug-likeness (QED) is 0.0427. The van der Waals surface area contributed by atoms with E-state index in [1.54, 1.807) is 38.1 Å². The minimum atomic E-state index is -0.446. The molecule has 0 aliphatic carbocycles. The SMILES string of the molecule is C.CCOC(=O)Cc1ccc(-c2n[nH]c(=O)c3ccccc23)cc1.CCOC(=O)Cc1ccc(B2OC(C)(C)C(C)(C)O2)cc1.O=c1[nH]nc(Cl)c2ccccc12.[Pd].c1ccc(P(c2ccccc2)c2ccccc2)cc1.c1ccc(P(c2ccccc2)c2ccccc2)cc1.c1ccc(P(c2ccccc2)c2ccccc2)cc1.c1ccc(P(c2ccccc2)c2ccccc2)cc1. The Morgan fingerprint density at radius 1 is 0.306 bits per heavy atom. The number of nitrogens with zero attached hydrogens (tertiary/aromatic N) is 2. The van der Waals surface area contributed by atoms with Crippen LogP contribution >= 0.6 is 43.3 Å². The Hall–Kier alpha value is -12.6. The Bertz CT molecular complexity index is 5790. The maximum atomic E-state index is 11.8. The second kappa shape index (κ2) is 52.7. The molecule has 0 radical (unpaired) electrons. The third kappa shape index (κ3) is 29.0. The first-order valence-corrected chi connectivity index (χ1v) is 49.5. The molecule has 0 spiro atoms. The van der Waals surface area contributed by atoms with Crippen LogP contribution in [0.4, 0.5) is 0 Å². The van der Waals surface area contributed by atoms with Gasteiger partial charge in [-0.2, -0.15) is 10.2 Å². The largest absolute Gasteiger partial charge is 0.494 e. The maximum Gasteiger partial charge on any atom is 0.494 e. The first kappa shape index (κ1) is 102. The number of carbonyl (C=O) groups is 2. The zero-order chi connectivity index (χ0) is 92.1. The fourth-order valence-electron chi connectivity index (χ4n) is 14.4. The molecule has 18 aromatic rings. The monoisotopic (exact) mass is 1950 g/mol. The number of halogens is 1. The van der Waals surface area contributed by atoms with Crippen LogP contribution in [0, 0.1) is 0 Å². The summed E-state index contributed by atoms with van der Waals surface area (Å²) in [7, 11) is -2.15. The van der Waals surface area contributed by atoms with Crippen molar-refractivity contribution >= 4 is 153 Å². The molecule has 12 nitrogen and oxygen atoms in total. The number of nitrogens with one attached hydrogen (secondary N) is 2. The van der Waals surface area contributed by atoms with Gasteiger partial charge in [0.25, 0.3) is 11.1 Å². The van der Waals surface area contributed by atoms with Crippen molar-refractivity contribution in [2.75, 3.05) is 13.2 Å². The number of hydrogen-bond acceptors (Lipinski definition) is 10. The molecular formula is C115H108BClN4O8P4Pd. The van der Waals surface area contributed by atoms with Crippen molar-refractivity contribution in [1.29, 1.82) is 0 Å². The summed E-state index contributed by atoms with van der Waals surface area (Å²) in [5.74, 6) is -0.450. The van der Waals surface area contributed by atoms with Gasteiger partial charge in [0, 0.05) is 36.8 Å². The summed E-state index contributed by atoms with van der Waals surface area (Å²) in [6, 6.07) is 159. The number of aromatic amines is 2. The Morgan fingerprint density at radius 3 is 0.754 bits per heavy atom. The van der Waals surface area contributed by atoms with Crippen LogP contribution in [-0.2, 0) is 61.6 Å². The van der Waals surface area contributed by atoms with E-state index in [-0.39, 0.29) is 82.1 Å². The van der Waals surface area contributed by atoms with E-state index in [1.165, 1.54) is 63.7 Å². The van der Waals surface area contributed by atoms with Crippen LogP contribution in [0.25, 0.3) is 32.8 Å². The maximum absolute atomic E-state index is 11.8. The molecule has 0 saturated carbocycles. The Balaban J connectivity index is 0.000000151. The molecule has 1 saturated heterocycles. The van der Waals surface area contributed by atoms with E-state index in [0.29, 0.717) is 40.2 Å². The molecule has 1 aliphatic rings. The van der Waals surface area contributed by atoms with Crippen molar-refractivity contribution in [3.8, 4) is 11.3 Å². The van der Waals surface area contributed by atoms with Gasteiger partial charge in [0.05, 0.1) is 53.7 Å². The van der Waals surface area contributed by atoms with Gasteiger partial charge in [-0.15, -0.1) is 0 Å². The summed E-state index contributed by atoms with van der Waals surface area (Å²) < 4.78 is 21.9. The average Bonchev–Trinajstić information content (AvgIpc) is 1.64. The van der Waals surface area contributed by atoms with E-state index in [9.17, 15) is 19.2 Å². The smallest absolute Gasteiger partial charge is 0.466 e. The summed E-state index contributed by atoms with van der Waals surface area (Å²) in [6.07, 6.45) is 0.533. The normalized spacial score (nSPS) is 11.8. The van der Waals surface area contributed by atoms with E-state index in [4.69, 9.17) is 30.4 Å². The van der Waals surface area contributed by atoms with Gasteiger partial charge in [0.15, 0.2) is 5.15 Å². The van der Waals surface area contributed by atoms with Gasteiger partial charge in [-0.05, 0) is 166 Å². The summed E-state index contributed by atoms with van der Waals surface area (Å²) in [6.45, 7) is 12.5. The minimum absolute atomic E-state index is 0. The summed E-state index contributed by atoms with van der Waals surface area (Å²) >= 11 is 5.75. The molecule has 3 heterocycles. The average molecular weight is 1950 g/mol. The number of esters is 2. The Labute approximate surface area is 811 Å². The van der Waals surface area contributed by atoms with Crippen LogP contribution in [0.15, 0.2) is 471 Å². The predicted octanol–water partition coefficient (Wildman–Crippen LogP) is 20.8. The first-order chi connectivity index (χ1) is 64.5. The standard InChI is InChI=1S/C18H16N2O3.4C18H15P.C16H23BO4.C8H5ClN2O.CH4.Pd/c1-2-23-16(21)11-12-7-9-13(10-8-12)17-14-5-3-4-6-15(14)18(22)20-19-17;4*1-4-10-16(11-5-1)19(17-12-6-2-7-13-17)18-14-8-3-9-15-18;1-6-19-14(18)11-12-7-9-13(10-8-12)17-20-15(2,3)16(4,5)21-17;9-7-5-3-1-2-4-6(5)8(12)11-10-7;;/h3-10H,2,11H2,1H3,(H,20,22);4*1-15H;7-10H,6,11H2,1-5H3;1-4H,(H,11,12);1H4;. The van der Waals surface area contributed by atoms with Crippen molar-refractivity contribution in [2.45, 2.75) is 73.0 Å². The second-order valence-electron chi connectivity index (χ2n) is 31.2. The Morgan fingerprint density at radius 2 is 0.515 bits per heavy atom. The Kier molecular flexibility index (Phi) is 40.1. The fourth-order valence-corrected chi connectivity index (χ4v) is 23.9. The molecule has 2 N–H and O–H groups in total. The molecule has 0 bridgehead atoms. The minimum Gasteiger partial charge on any atom is -0.466 e. The van der Waals surface area contributed by atoms with Crippen LogP contribution in [0.1, 0.15) is 60.1 Å². The van der Waals surface area contributed by atoms with Gasteiger partial charge in [-0.1, -0.05) is 468 Å². The summed E-state index contributed by atoms with van der Waals surface area (Å²) in [4.78, 5) is 45.9. The number of rotatable bonds is 20. The third-order valence-corrected chi connectivity index (χ3v) is 31.6. The predicted molar refractivity (Wildman–Crippen MR) is 565 cm³/mol. The molecule has 19 heteroatoms. The molecule has 1 fully saturated rings. The van der Waals surface area contributed by atoms with Crippen LogP contribution < -0.4 is 80.2 Å². The van der Waals surface area contributed by atoms with Gasteiger partial charge in [0.2, 0.25) is 0 Å². The topological polar surface area (TPSA) is 163 Å². The zero-order valence-electron chi connectivity index (χ0n) is 74.9. The molecule has 2 aromatic heterocycles. The van der Waals surface area contributed by atoms with Gasteiger partial charge in [0.1, 0.15) is 0 Å². The van der Waals surface area contributed by atoms with Crippen LogP contribution in [0.5, 0.6) is 0 Å². The van der Waals surface area contributed by atoms with Gasteiger partial charge < -0.3 is 18.8 Å². The molecule has 0 unspecified atom stereocenters. The summed E-state index contributed by atoms with van der Waals surface area (Å²) in [5, 5.41) is 32.4. The second-order valence-corrected chi connectivity index (χ2v) is 40.4. The van der Waals surface area contributed by atoms with Gasteiger partial charge >= 0.3 is 19.1 Å². The van der Waals surface area contributed by atoms with Crippen LogP contribution in [0.2, 0.25) is 5.15 Å². The zero-order valence-corrected chi connectivity index (χ0v) is 80.8. The van der Waals surface area contributed by atoms with E-state index in [2.05, 4.69) is 384 Å². The number of benzene rings is 16. The number of aromatic nitrogens is 4. The molecule has 1 aliphatic heterocycles. The van der Waals surface area contributed by atoms with E-state index >= 15 is 0 Å². The van der Waals surface area contributed by atoms with Crippen molar-refractivity contribution < 1.29 is 48.8 Å². The molecule has 0 atom stereocenters. The molecule has 19 rings (SSSR count). The van der Waals surface area contributed by atoms with E-state index in [1.807, 2.05) is 100 Å². The first-order valence-electron chi connectivity index (χ1n) is 43.8. The van der Waals surface area contributed by atoms with E-state index < -0.39 is 31.7 Å². The van der Waals surface area contributed by atoms with Gasteiger partial charge in [-0.25, -0.2) is 10.2 Å².